The van der Waals surface area contributed by atoms with Gasteiger partial charge in [0.1, 0.15) is 0 Å². The van der Waals surface area contributed by atoms with Crippen LogP contribution in [0.1, 0.15) is 11.8 Å². The van der Waals surface area contributed by atoms with E-state index in [1.807, 2.05) is 6.92 Å². The van der Waals surface area contributed by atoms with Crippen LogP contribution < -0.4 is 0 Å². The van der Waals surface area contributed by atoms with Crippen LogP contribution in [0.4, 0.5) is 0 Å². The van der Waals surface area contributed by atoms with Crippen LogP contribution in [0.3, 0.4) is 0 Å². The first-order chi connectivity index (χ1) is 8.05. The average Bonchev–Trinajstić information content (AvgIpc) is 2.78. The van der Waals surface area contributed by atoms with Gasteiger partial charge in [-0.2, -0.15) is 4.31 Å². The highest BCUT2D eigenvalue weighted by Crippen LogP contribution is 2.25. The van der Waals surface area contributed by atoms with Gasteiger partial charge in [-0.3, -0.25) is 0 Å². The Hall–Kier alpha value is -0.470. The van der Waals surface area contributed by atoms with E-state index in [0.717, 1.165) is 0 Å². The van der Waals surface area contributed by atoms with Crippen molar-refractivity contribution in [3.63, 3.8) is 0 Å². The van der Waals surface area contributed by atoms with Gasteiger partial charge in [0, 0.05) is 22.8 Å². The second-order valence-electron chi connectivity index (χ2n) is 3.95. The number of nitrogens with zero attached hydrogens (tertiary/aromatic N) is 1. The van der Waals surface area contributed by atoms with E-state index in [-0.39, 0.29) is 17.5 Å². The fourth-order valence-electron chi connectivity index (χ4n) is 1.78. The smallest absolute Gasteiger partial charge is 0.244 e. The third-order valence-electron chi connectivity index (χ3n) is 2.70. The van der Waals surface area contributed by atoms with Gasteiger partial charge in [0.25, 0.3) is 0 Å². The van der Waals surface area contributed by atoms with Crippen molar-refractivity contribution in [3.8, 4) is 0 Å². The molecule has 1 aliphatic heterocycles. The van der Waals surface area contributed by atoms with Crippen molar-refractivity contribution in [1.29, 1.82) is 0 Å². The number of rotatable bonds is 3. The minimum absolute atomic E-state index is 0.126. The fourth-order valence-corrected chi connectivity index (χ4v) is 4.51. The maximum atomic E-state index is 12.3. The lowest BCUT2D eigenvalue weighted by molar-refractivity contribution is 0.0393. The van der Waals surface area contributed by atoms with Crippen LogP contribution in [-0.4, -0.2) is 43.6 Å². The van der Waals surface area contributed by atoms with Gasteiger partial charge in [0.2, 0.25) is 10.0 Å². The van der Waals surface area contributed by atoms with Gasteiger partial charge in [0.05, 0.1) is 24.7 Å². The van der Waals surface area contributed by atoms with Crippen LogP contribution in [0.15, 0.2) is 16.3 Å². The molecule has 1 aliphatic rings. The van der Waals surface area contributed by atoms with E-state index in [9.17, 15) is 8.42 Å². The minimum atomic E-state index is -3.45. The summed E-state index contributed by atoms with van der Waals surface area (Å²) in [5.74, 6) is 0. The maximum absolute atomic E-state index is 12.3. The van der Waals surface area contributed by atoms with E-state index in [4.69, 9.17) is 9.84 Å². The molecule has 5 nitrogen and oxygen atoms in total. The number of hydrogen-bond donors (Lipinski definition) is 1. The van der Waals surface area contributed by atoms with Crippen molar-refractivity contribution >= 4 is 21.4 Å². The lowest BCUT2D eigenvalue weighted by Crippen LogP contribution is -2.46. The summed E-state index contributed by atoms with van der Waals surface area (Å²) in [6.45, 7) is 2.94. The highest BCUT2D eigenvalue weighted by atomic mass is 32.2. The SMILES string of the molecule is CC1COCCN1S(=O)(=O)c1csc(CO)c1. The summed E-state index contributed by atoms with van der Waals surface area (Å²) >= 11 is 1.25. The number of aliphatic hydroxyl groups excluding tert-OH is 1. The van der Waals surface area contributed by atoms with Crippen LogP contribution in [0.5, 0.6) is 0 Å². The Bertz CT molecular complexity index is 482. The number of ether oxygens (including phenoxy) is 1. The molecule has 1 aromatic rings. The van der Waals surface area contributed by atoms with Crippen molar-refractivity contribution in [2.75, 3.05) is 19.8 Å². The lowest BCUT2D eigenvalue weighted by atomic mass is 10.3. The normalized spacial score (nSPS) is 22.8. The second-order valence-corrected chi connectivity index (χ2v) is 6.83. The molecule has 0 aromatic carbocycles. The van der Waals surface area contributed by atoms with Crippen LogP contribution in [0.2, 0.25) is 0 Å². The van der Waals surface area contributed by atoms with E-state index in [2.05, 4.69) is 0 Å². The maximum Gasteiger partial charge on any atom is 0.244 e. The van der Waals surface area contributed by atoms with E-state index in [0.29, 0.717) is 24.6 Å². The number of thiophene rings is 1. The molecule has 0 spiro atoms. The van der Waals surface area contributed by atoms with Crippen LogP contribution >= 0.6 is 11.3 Å². The molecular formula is C10H15NO4S2. The van der Waals surface area contributed by atoms with E-state index in [1.54, 1.807) is 5.38 Å². The van der Waals surface area contributed by atoms with Gasteiger partial charge in [0.15, 0.2) is 0 Å². The highest BCUT2D eigenvalue weighted by Gasteiger charge is 2.31. The van der Waals surface area contributed by atoms with Gasteiger partial charge in [-0.15, -0.1) is 11.3 Å². The Morgan fingerprint density at radius 2 is 2.41 bits per heavy atom. The van der Waals surface area contributed by atoms with E-state index >= 15 is 0 Å². The summed E-state index contributed by atoms with van der Waals surface area (Å²) in [5.41, 5.74) is 0. The molecule has 0 saturated carbocycles. The number of morpholine rings is 1. The molecule has 0 radical (unpaired) electrons. The Balaban J connectivity index is 2.28. The Kier molecular flexibility index (Phi) is 3.84. The molecule has 1 fully saturated rings. The predicted molar refractivity (Wildman–Crippen MR) is 64.4 cm³/mol. The van der Waals surface area contributed by atoms with Gasteiger partial charge < -0.3 is 9.84 Å². The molecule has 96 valence electrons. The largest absolute Gasteiger partial charge is 0.391 e. The first-order valence-electron chi connectivity index (χ1n) is 5.33. The van der Waals surface area contributed by atoms with Crippen molar-refractivity contribution in [3.05, 3.63) is 16.3 Å². The molecule has 1 N–H and O–H groups in total. The van der Waals surface area contributed by atoms with Crippen molar-refractivity contribution < 1.29 is 18.3 Å². The fraction of sp³-hybridized carbons (Fsp3) is 0.600. The topological polar surface area (TPSA) is 66.8 Å². The molecule has 0 bridgehead atoms. The summed E-state index contributed by atoms with van der Waals surface area (Å²) in [6, 6.07) is 1.38. The molecule has 1 aromatic heterocycles. The zero-order valence-corrected chi connectivity index (χ0v) is 11.1. The molecule has 1 atom stereocenters. The number of hydrogen-bond acceptors (Lipinski definition) is 5. The van der Waals surface area contributed by atoms with Gasteiger partial charge in [-0.25, -0.2) is 8.42 Å². The number of aliphatic hydroxyl groups is 1. The van der Waals surface area contributed by atoms with Crippen LogP contribution in [0, 0.1) is 0 Å². The molecule has 17 heavy (non-hydrogen) atoms. The second kappa shape index (κ2) is 5.03. The quantitative estimate of drug-likeness (QED) is 0.881. The average molecular weight is 277 g/mol. The van der Waals surface area contributed by atoms with E-state index in [1.165, 1.54) is 21.7 Å². The lowest BCUT2D eigenvalue weighted by Gasteiger charge is -2.31. The Labute approximate surface area is 105 Å². The number of sulfonamides is 1. The first-order valence-corrected chi connectivity index (χ1v) is 7.65. The standard InChI is InChI=1S/C10H15NO4S2/c1-8-6-15-3-2-11(8)17(13,14)10-4-9(5-12)16-7-10/h4,7-8,12H,2-3,5-6H2,1H3. The predicted octanol–water partition coefficient (Wildman–Crippen LogP) is 0.650. The van der Waals surface area contributed by atoms with E-state index < -0.39 is 10.0 Å². The highest BCUT2D eigenvalue weighted by molar-refractivity contribution is 7.89. The molecule has 0 amide bonds. The van der Waals surface area contributed by atoms with Crippen LogP contribution in [-0.2, 0) is 21.4 Å². The van der Waals surface area contributed by atoms with Gasteiger partial charge in [-0.05, 0) is 13.0 Å². The summed E-state index contributed by atoms with van der Waals surface area (Å²) in [7, 11) is -3.45. The monoisotopic (exact) mass is 277 g/mol. The first kappa shape index (κ1) is 13.0. The van der Waals surface area contributed by atoms with Gasteiger partial charge >= 0.3 is 0 Å². The summed E-state index contributed by atoms with van der Waals surface area (Å²) in [5, 5.41) is 10.5. The zero-order valence-electron chi connectivity index (χ0n) is 9.50. The molecule has 7 heteroatoms. The van der Waals surface area contributed by atoms with Crippen molar-refractivity contribution in [2.24, 2.45) is 0 Å². The Morgan fingerprint density at radius 3 is 3.00 bits per heavy atom. The summed E-state index contributed by atoms with van der Waals surface area (Å²) in [6.07, 6.45) is 0. The summed E-state index contributed by atoms with van der Waals surface area (Å²) in [4.78, 5) is 0.921. The zero-order chi connectivity index (χ0) is 12.5. The molecular weight excluding hydrogens is 262 g/mol. The summed E-state index contributed by atoms with van der Waals surface area (Å²) < 4.78 is 31.3. The van der Waals surface area contributed by atoms with Crippen LogP contribution in [0.25, 0.3) is 0 Å². The Morgan fingerprint density at radius 1 is 1.65 bits per heavy atom. The molecule has 2 heterocycles. The molecule has 1 unspecified atom stereocenters. The van der Waals surface area contributed by atoms with Crippen molar-refractivity contribution in [2.45, 2.75) is 24.5 Å². The van der Waals surface area contributed by atoms with Crippen molar-refractivity contribution in [1.82, 2.24) is 4.31 Å². The molecule has 0 aliphatic carbocycles. The van der Waals surface area contributed by atoms with Gasteiger partial charge in [-0.1, -0.05) is 0 Å². The third-order valence-corrected chi connectivity index (χ3v) is 5.76. The molecule has 1 saturated heterocycles. The minimum Gasteiger partial charge on any atom is -0.391 e. The molecule has 2 rings (SSSR count). The third kappa shape index (κ3) is 2.53.